The predicted octanol–water partition coefficient (Wildman–Crippen LogP) is 8.38. The summed E-state index contributed by atoms with van der Waals surface area (Å²) in [5.74, 6) is -0.653. The fourth-order valence-corrected chi connectivity index (χ4v) is 11.4. The number of hydrogen-bond donors (Lipinski definition) is 3. The van der Waals surface area contributed by atoms with Gasteiger partial charge in [0.25, 0.3) is 21.6 Å². The molecule has 2 saturated heterocycles. The average Bonchev–Trinajstić information content (AvgIpc) is 3.68. The van der Waals surface area contributed by atoms with E-state index in [2.05, 4.69) is 43.7 Å². The number of nitrogens with zero attached hydrogens (tertiary/aromatic N) is 4. The van der Waals surface area contributed by atoms with Gasteiger partial charge < -0.3 is 24.7 Å². The van der Waals surface area contributed by atoms with Crippen molar-refractivity contribution < 1.29 is 40.8 Å². The average molecular weight is 892 g/mol. The molecule has 2 aromatic carbocycles. The van der Waals surface area contributed by atoms with Crippen LogP contribution in [-0.4, -0.2) is 98.7 Å². The van der Waals surface area contributed by atoms with Crippen molar-refractivity contribution in [2.75, 3.05) is 62.7 Å². The molecule has 4 aliphatic carbocycles. The number of sulfonamides is 1. The Balaban J connectivity index is 0.919. The van der Waals surface area contributed by atoms with Crippen LogP contribution in [0.1, 0.15) is 75.6 Å². The van der Waals surface area contributed by atoms with Gasteiger partial charge in [-0.25, -0.2) is 31.3 Å². The molecule has 18 heteroatoms. The molecule has 10 rings (SSSR count). The van der Waals surface area contributed by atoms with Crippen LogP contribution in [0.2, 0.25) is 0 Å². The van der Waals surface area contributed by atoms with Crippen molar-refractivity contribution in [3.05, 3.63) is 87.7 Å². The number of aromatic amines is 1. The van der Waals surface area contributed by atoms with Crippen molar-refractivity contribution in [2.45, 2.75) is 82.2 Å². The highest BCUT2D eigenvalue weighted by Gasteiger charge is 2.73. The van der Waals surface area contributed by atoms with Crippen LogP contribution in [0.15, 0.2) is 77.0 Å². The zero-order valence-corrected chi connectivity index (χ0v) is 36.2. The quantitative estimate of drug-likeness (QED) is 0.0631. The predicted molar refractivity (Wildman–Crippen MR) is 231 cm³/mol. The van der Waals surface area contributed by atoms with Gasteiger partial charge in [-0.3, -0.25) is 19.8 Å². The van der Waals surface area contributed by atoms with E-state index in [-0.39, 0.29) is 60.4 Å². The highest BCUT2D eigenvalue weighted by Crippen LogP contribution is 2.79. The Morgan fingerprint density at radius 3 is 2.49 bits per heavy atom. The highest BCUT2D eigenvalue weighted by molar-refractivity contribution is 7.90. The van der Waals surface area contributed by atoms with Gasteiger partial charge in [-0.1, -0.05) is 25.0 Å². The first kappa shape index (κ1) is 43.1. The smallest absolute Gasteiger partial charge is 0.293 e. The number of aromatic nitrogens is 2. The second-order valence-electron chi connectivity index (χ2n) is 19.0. The molecule has 4 heterocycles. The molecule has 2 bridgehead atoms. The van der Waals surface area contributed by atoms with Gasteiger partial charge in [0.05, 0.1) is 21.6 Å². The number of anilines is 2. The lowest BCUT2D eigenvalue weighted by molar-refractivity contribution is -0.384. The van der Waals surface area contributed by atoms with Crippen molar-refractivity contribution in [2.24, 2.45) is 16.2 Å². The third-order valence-corrected chi connectivity index (χ3v) is 15.3. The number of hydrogen-bond acceptors (Lipinski definition) is 11. The maximum absolute atomic E-state index is 15.2. The number of ether oxygens (including phenoxy) is 2. The largest absolute Gasteiger partial charge is 0.455 e. The number of carbonyl (C=O) groups excluding carboxylic acids is 1. The number of nitro groups is 1. The molecule has 4 aromatic rings. The Hall–Kier alpha value is -5.20. The summed E-state index contributed by atoms with van der Waals surface area (Å²) < 4.78 is 83.7. The van der Waals surface area contributed by atoms with Gasteiger partial charge in [0, 0.05) is 100 Å². The Labute approximate surface area is 363 Å². The number of piperazine rings is 1. The van der Waals surface area contributed by atoms with E-state index in [9.17, 15) is 32.1 Å². The highest BCUT2D eigenvalue weighted by atomic mass is 32.2. The molecule has 63 heavy (non-hydrogen) atoms. The molecule has 6 aliphatic rings. The summed E-state index contributed by atoms with van der Waals surface area (Å²) >= 11 is 0. The number of benzene rings is 2. The molecule has 0 radical (unpaired) electrons. The van der Waals surface area contributed by atoms with Crippen molar-refractivity contribution in [3.63, 3.8) is 0 Å². The summed E-state index contributed by atoms with van der Waals surface area (Å²) in [5.41, 5.74) is 1.14. The summed E-state index contributed by atoms with van der Waals surface area (Å²) in [6.07, 6.45) is 6.01. The summed E-state index contributed by atoms with van der Waals surface area (Å²) in [4.78, 5) is 36.7. The molecule has 0 unspecified atom stereocenters. The lowest BCUT2D eigenvalue weighted by Crippen LogP contribution is -2.66. The van der Waals surface area contributed by atoms with Crippen molar-refractivity contribution in [1.29, 1.82) is 0 Å². The Kier molecular flexibility index (Phi) is 11.0. The molecule has 14 nitrogen and oxygen atoms in total. The minimum Gasteiger partial charge on any atom is -0.455 e. The van der Waals surface area contributed by atoms with E-state index in [1.54, 1.807) is 24.4 Å². The van der Waals surface area contributed by atoms with Crippen molar-refractivity contribution >= 4 is 44.0 Å². The molecule has 5 fully saturated rings. The number of halogens is 3. The summed E-state index contributed by atoms with van der Waals surface area (Å²) in [6, 6.07) is 11.6. The van der Waals surface area contributed by atoms with Crippen LogP contribution in [0, 0.1) is 26.4 Å². The molecule has 1 amide bonds. The van der Waals surface area contributed by atoms with Crippen LogP contribution in [0.3, 0.4) is 0 Å². The molecule has 2 aromatic heterocycles. The number of nitro benzene ring substituents is 1. The van der Waals surface area contributed by atoms with Crippen LogP contribution in [0.5, 0.6) is 11.5 Å². The van der Waals surface area contributed by atoms with Gasteiger partial charge in [-0.15, -0.1) is 0 Å². The van der Waals surface area contributed by atoms with E-state index in [1.165, 1.54) is 29.5 Å². The van der Waals surface area contributed by atoms with Gasteiger partial charge in [0.15, 0.2) is 0 Å². The van der Waals surface area contributed by atoms with E-state index in [0.717, 1.165) is 62.1 Å². The fourth-order valence-electron chi connectivity index (χ4n) is 10.4. The third-order valence-electron chi connectivity index (χ3n) is 14.0. The van der Waals surface area contributed by atoms with Crippen LogP contribution in [0.25, 0.3) is 11.0 Å². The fraction of sp³-hybridized carbons (Fsp3) is 0.511. The van der Waals surface area contributed by atoms with Crippen molar-refractivity contribution in [3.8, 4) is 11.5 Å². The Bertz CT molecular complexity index is 2570. The molecule has 3 saturated carbocycles. The zero-order chi connectivity index (χ0) is 44.4. The Morgan fingerprint density at radius 1 is 1.03 bits per heavy atom. The van der Waals surface area contributed by atoms with E-state index in [1.807, 2.05) is 6.07 Å². The van der Waals surface area contributed by atoms with E-state index < -0.39 is 48.9 Å². The number of alkyl halides is 3. The summed E-state index contributed by atoms with van der Waals surface area (Å²) in [5, 5.41) is 15.6. The van der Waals surface area contributed by atoms with Crippen LogP contribution >= 0.6 is 0 Å². The zero-order valence-electron chi connectivity index (χ0n) is 35.4. The maximum atomic E-state index is 15.2. The van der Waals surface area contributed by atoms with Gasteiger partial charge in [0.1, 0.15) is 28.5 Å². The number of fused-ring (bicyclic) bond motifs is 1. The normalized spacial score (nSPS) is 24.4. The molecule has 0 atom stereocenters. The topological polar surface area (TPSA) is 172 Å². The second kappa shape index (κ2) is 16.1. The van der Waals surface area contributed by atoms with E-state index in [4.69, 9.17) is 9.47 Å². The first-order valence-corrected chi connectivity index (χ1v) is 23.0. The monoisotopic (exact) mass is 891 g/mol. The molecule has 3 N–H and O–H groups in total. The number of carbonyl (C=O) groups is 1. The van der Waals surface area contributed by atoms with E-state index >= 15 is 4.39 Å². The first-order valence-electron chi connectivity index (χ1n) is 21.5. The maximum Gasteiger partial charge on any atom is 0.293 e. The van der Waals surface area contributed by atoms with Crippen molar-refractivity contribution in [1.82, 2.24) is 19.6 Å². The first-order chi connectivity index (χ1) is 29.9. The SMILES string of the molecule is CC1(C)CCC(CN2CCN(c3ccc(C(=O)NS(=O)(=O)c4ccc(NCC5(F)CCOCC5)c([N+](=O)[O-])c4)c(Oc4cnc5[nH]ccc5c4)c3)CC2)=C(C23CC(C(F)F)(C2)C3)C1. The molecule has 2 aliphatic heterocycles. The number of pyridine rings is 1. The lowest BCUT2D eigenvalue weighted by atomic mass is 9.32. The number of nitrogens with one attached hydrogen (secondary N) is 3. The van der Waals surface area contributed by atoms with Crippen LogP contribution < -0.4 is 19.7 Å². The standard InChI is InChI=1S/C45H52F3N7O7S/c1-42(2)9-7-30(35(22-42)43-25-44(26-43,27-43)41(46)47)24-53-13-15-54(16-14-53)31-3-5-34(38(20-31)62-32-19-29-8-12-49-39(29)50-23-32)40(56)52-63(59,60)33-4-6-36(37(21-33)55(57)58)51-28-45(48)10-17-61-18-11-45/h3-6,8,12,19-21,23,41,51H,7,9-11,13-18,22,24-28H2,1-2H3,(H,49,50)(H,52,56). The van der Waals surface area contributed by atoms with Crippen LogP contribution in [0.4, 0.5) is 30.2 Å². The van der Waals surface area contributed by atoms with E-state index in [0.29, 0.717) is 43.7 Å². The van der Waals surface area contributed by atoms with Gasteiger partial charge in [-0.05, 0) is 85.8 Å². The molecule has 0 spiro atoms. The second-order valence-corrected chi connectivity index (χ2v) is 20.7. The summed E-state index contributed by atoms with van der Waals surface area (Å²) in [7, 11) is -4.66. The molecular formula is C45H52F3N7O7S. The van der Waals surface area contributed by atoms with Gasteiger partial charge in [-0.2, -0.15) is 0 Å². The number of allylic oxidation sites excluding steroid dienone is 1. The third kappa shape index (κ3) is 8.48. The lowest BCUT2D eigenvalue weighted by Gasteiger charge is -2.72. The minimum absolute atomic E-state index is 0.0534. The van der Waals surface area contributed by atoms with Crippen LogP contribution in [-0.2, 0) is 14.8 Å². The number of rotatable bonds is 14. The Morgan fingerprint density at radius 2 is 1.78 bits per heavy atom. The number of amides is 1. The van der Waals surface area contributed by atoms with Gasteiger partial charge >= 0.3 is 0 Å². The minimum atomic E-state index is -4.66. The molecule has 336 valence electrons. The van der Waals surface area contributed by atoms with Gasteiger partial charge in [0.2, 0.25) is 6.43 Å². The summed E-state index contributed by atoms with van der Waals surface area (Å²) in [6.45, 7) is 8.42. The molecular weight excluding hydrogens is 840 g/mol. The number of H-pyrrole nitrogens is 1.